The molecular formula is C19H20O3S. The maximum Gasteiger partial charge on any atom is 0.179 e. The number of hydrogen-bond acceptors (Lipinski definition) is 3. The van der Waals surface area contributed by atoms with Crippen LogP contribution in [-0.4, -0.2) is 20.0 Å². The first kappa shape index (κ1) is 15.9. The molecule has 0 bridgehead atoms. The first-order valence-electron chi connectivity index (χ1n) is 7.93. The van der Waals surface area contributed by atoms with Crippen LogP contribution in [0.1, 0.15) is 24.0 Å². The Balaban J connectivity index is 1.79. The van der Waals surface area contributed by atoms with Crippen molar-refractivity contribution in [2.45, 2.75) is 30.6 Å². The predicted molar refractivity (Wildman–Crippen MR) is 90.1 cm³/mol. The van der Waals surface area contributed by atoms with E-state index in [1.807, 2.05) is 12.1 Å². The van der Waals surface area contributed by atoms with Crippen LogP contribution in [0.15, 0.2) is 59.5 Å². The molecule has 0 spiro atoms. The normalized spacial score (nSPS) is 18.8. The van der Waals surface area contributed by atoms with Crippen LogP contribution < -0.4 is 0 Å². The smallest absolute Gasteiger partial charge is 0.179 e. The Bertz CT molecular complexity index is 794. The van der Waals surface area contributed by atoms with Gasteiger partial charge in [0, 0.05) is 12.3 Å². The van der Waals surface area contributed by atoms with E-state index in [2.05, 4.69) is 12.1 Å². The lowest BCUT2D eigenvalue weighted by atomic mass is 9.87. The lowest BCUT2D eigenvalue weighted by Gasteiger charge is -2.20. The molecule has 0 aromatic heterocycles. The molecule has 2 aromatic carbocycles. The Kier molecular flexibility index (Phi) is 4.62. The predicted octanol–water partition coefficient (Wildman–Crippen LogP) is 3.22. The summed E-state index contributed by atoms with van der Waals surface area (Å²) in [6.07, 6.45) is 2.49. The third-order valence-corrected chi connectivity index (χ3v) is 6.33. The number of fused-ring (bicyclic) bond motifs is 1. The van der Waals surface area contributed by atoms with E-state index in [0.717, 1.165) is 6.42 Å². The molecule has 0 radical (unpaired) electrons. The van der Waals surface area contributed by atoms with Crippen molar-refractivity contribution in [1.82, 2.24) is 0 Å². The van der Waals surface area contributed by atoms with Gasteiger partial charge in [0.1, 0.15) is 5.78 Å². The molecule has 1 unspecified atom stereocenters. The van der Waals surface area contributed by atoms with Crippen molar-refractivity contribution in [3.8, 4) is 0 Å². The van der Waals surface area contributed by atoms with Gasteiger partial charge in [-0.25, -0.2) is 8.42 Å². The van der Waals surface area contributed by atoms with Crippen molar-refractivity contribution < 1.29 is 13.2 Å². The minimum Gasteiger partial charge on any atom is -0.299 e. The molecule has 0 heterocycles. The molecule has 0 amide bonds. The molecule has 2 aromatic rings. The van der Waals surface area contributed by atoms with Gasteiger partial charge in [-0.15, -0.1) is 0 Å². The summed E-state index contributed by atoms with van der Waals surface area (Å²) in [5, 5.41) is 0. The number of Topliss-reactive ketones (excluding diaryl/α,β-unsaturated/α-hetero) is 1. The second-order valence-electron chi connectivity index (χ2n) is 6.07. The highest BCUT2D eigenvalue weighted by atomic mass is 32.2. The van der Waals surface area contributed by atoms with E-state index < -0.39 is 15.8 Å². The van der Waals surface area contributed by atoms with Gasteiger partial charge in [0.05, 0.1) is 10.6 Å². The molecule has 1 atom stereocenters. The molecule has 0 saturated heterocycles. The van der Waals surface area contributed by atoms with E-state index in [1.54, 1.807) is 30.3 Å². The number of hydrogen-bond donors (Lipinski definition) is 0. The highest BCUT2D eigenvalue weighted by molar-refractivity contribution is 7.91. The van der Waals surface area contributed by atoms with Gasteiger partial charge < -0.3 is 0 Å². The van der Waals surface area contributed by atoms with Crippen LogP contribution in [0.25, 0.3) is 0 Å². The third kappa shape index (κ3) is 3.70. The van der Waals surface area contributed by atoms with Crippen LogP contribution in [0.4, 0.5) is 0 Å². The van der Waals surface area contributed by atoms with Crippen LogP contribution >= 0.6 is 0 Å². The quantitative estimate of drug-likeness (QED) is 0.869. The first-order chi connectivity index (χ1) is 11.1. The van der Waals surface area contributed by atoms with Crippen molar-refractivity contribution >= 4 is 15.6 Å². The molecule has 4 heteroatoms. The summed E-state index contributed by atoms with van der Waals surface area (Å²) in [6, 6.07) is 16.5. The summed E-state index contributed by atoms with van der Waals surface area (Å²) < 4.78 is 25.1. The van der Waals surface area contributed by atoms with E-state index in [4.69, 9.17) is 0 Å². The topological polar surface area (TPSA) is 51.2 Å². The van der Waals surface area contributed by atoms with Gasteiger partial charge in [-0.05, 0) is 42.5 Å². The average Bonchev–Trinajstić information content (AvgIpc) is 2.56. The molecule has 0 saturated carbocycles. The summed E-state index contributed by atoms with van der Waals surface area (Å²) >= 11 is 0. The molecule has 3 rings (SSSR count). The van der Waals surface area contributed by atoms with Crippen molar-refractivity contribution in [3.63, 3.8) is 0 Å². The Morgan fingerprint density at radius 3 is 2.13 bits per heavy atom. The van der Waals surface area contributed by atoms with E-state index in [9.17, 15) is 13.2 Å². The molecule has 23 heavy (non-hydrogen) atoms. The van der Waals surface area contributed by atoms with Crippen LogP contribution in [-0.2, 0) is 27.5 Å². The van der Waals surface area contributed by atoms with Crippen molar-refractivity contribution in [1.29, 1.82) is 0 Å². The van der Waals surface area contributed by atoms with Crippen molar-refractivity contribution in [3.05, 3.63) is 65.7 Å². The molecule has 1 aliphatic carbocycles. The fourth-order valence-corrected chi connectivity index (χ4v) is 4.81. The number of benzene rings is 2. The van der Waals surface area contributed by atoms with E-state index in [0.29, 0.717) is 24.2 Å². The number of ketones is 1. The van der Waals surface area contributed by atoms with Crippen LogP contribution in [0.3, 0.4) is 0 Å². The molecule has 1 aliphatic rings. The summed E-state index contributed by atoms with van der Waals surface area (Å²) in [5.74, 6) is -0.426. The molecule has 0 N–H and O–H groups in total. The highest BCUT2D eigenvalue weighted by Gasteiger charge is 2.27. The Labute approximate surface area is 137 Å². The van der Waals surface area contributed by atoms with E-state index in [-0.39, 0.29) is 11.5 Å². The van der Waals surface area contributed by atoms with E-state index in [1.165, 1.54) is 11.1 Å². The number of rotatable bonds is 3. The largest absolute Gasteiger partial charge is 0.299 e. The number of aryl methyl sites for hydroxylation is 2. The zero-order valence-electron chi connectivity index (χ0n) is 12.9. The third-order valence-electron chi connectivity index (χ3n) is 4.50. The minimum absolute atomic E-state index is 0.0685. The van der Waals surface area contributed by atoms with E-state index >= 15 is 0 Å². The van der Waals surface area contributed by atoms with Gasteiger partial charge in [-0.1, -0.05) is 42.5 Å². The molecule has 0 fully saturated rings. The zero-order chi connectivity index (χ0) is 16.3. The zero-order valence-corrected chi connectivity index (χ0v) is 13.8. The second kappa shape index (κ2) is 6.67. The minimum atomic E-state index is -3.42. The van der Waals surface area contributed by atoms with Gasteiger partial charge in [0.2, 0.25) is 0 Å². The van der Waals surface area contributed by atoms with Crippen LogP contribution in [0.2, 0.25) is 0 Å². The van der Waals surface area contributed by atoms with Gasteiger partial charge >= 0.3 is 0 Å². The van der Waals surface area contributed by atoms with Crippen molar-refractivity contribution in [2.75, 3.05) is 5.75 Å². The van der Waals surface area contributed by atoms with Gasteiger partial charge in [-0.2, -0.15) is 0 Å². The number of sulfone groups is 1. The summed E-state index contributed by atoms with van der Waals surface area (Å²) in [7, 11) is -3.42. The maximum atomic E-state index is 12.5. The maximum absolute atomic E-state index is 12.5. The molecule has 120 valence electrons. The molecule has 3 nitrogen and oxygen atoms in total. The number of carbonyl (C=O) groups excluding carboxylic acids is 1. The SMILES string of the molecule is O=C1CCc2ccccc2CCC1CS(=O)(=O)c1ccccc1. The van der Waals surface area contributed by atoms with Crippen molar-refractivity contribution in [2.24, 2.45) is 5.92 Å². The first-order valence-corrected chi connectivity index (χ1v) is 9.59. The second-order valence-corrected chi connectivity index (χ2v) is 8.10. The molecular weight excluding hydrogens is 308 g/mol. The lowest BCUT2D eigenvalue weighted by molar-refractivity contribution is -0.122. The lowest BCUT2D eigenvalue weighted by Crippen LogP contribution is -2.26. The Morgan fingerprint density at radius 2 is 1.43 bits per heavy atom. The summed E-state index contributed by atoms with van der Waals surface area (Å²) in [4.78, 5) is 12.7. The van der Waals surface area contributed by atoms with Crippen LogP contribution in [0.5, 0.6) is 0 Å². The number of carbonyl (C=O) groups is 1. The fourth-order valence-electron chi connectivity index (χ4n) is 3.16. The fraction of sp³-hybridized carbons (Fsp3) is 0.316. The van der Waals surface area contributed by atoms with Gasteiger partial charge in [0.25, 0.3) is 0 Å². The monoisotopic (exact) mass is 328 g/mol. The average molecular weight is 328 g/mol. The van der Waals surface area contributed by atoms with Crippen LogP contribution in [0, 0.1) is 5.92 Å². The van der Waals surface area contributed by atoms with Gasteiger partial charge in [-0.3, -0.25) is 4.79 Å². The Morgan fingerprint density at radius 1 is 0.826 bits per heavy atom. The Hall–Kier alpha value is -1.94. The highest BCUT2D eigenvalue weighted by Crippen LogP contribution is 2.24. The summed E-state index contributed by atoms with van der Waals surface area (Å²) in [6.45, 7) is 0. The molecule has 0 aliphatic heterocycles. The standard InChI is InChI=1S/C19H20O3S/c20-19-13-12-16-7-5-4-6-15(16)10-11-17(19)14-23(21,22)18-8-2-1-3-9-18/h1-9,17H,10-14H2. The van der Waals surface area contributed by atoms with Gasteiger partial charge in [0.15, 0.2) is 9.84 Å². The summed E-state index contributed by atoms with van der Waals surface area (Å²) in [5.41, 5.74) is 2.45.